The number of carbonyl (C=O) groups excluding carboxylic acids is 1. The average molecular weight is 635 g/mol. The van der Waals surface area contributed by atoms with Crippen LogP contribution in [-0.4, -0.2) is 121 Å². The summed E-state index contributed by atoms with van der Waals surface area (Å²) in [5.74, 6) is 1.71. The van der Waals surface area contributed by atoms with Gasteiger partial charge in [0.15, 0.2) is 0 Å². The highest BCUT2D eigenvalue weighted by atomic mass is 32.2. The zero-order valence-corrected chi connectivity index (χ0v) is 26.2. The SMILES string of the molecule is CCN1CCN(CCOc2ccc(N(C)Cc3ccc(C4=NN=C(C(F)F)C4)cc3F)cc2)CC1.O=CN1CCS(=O)CC1. The van der Waals surface area contributed by atoms with Crippen molar-refractivity contribution in [2.24, 2.45) is 10.2 Å². The van der Waals surface area contributed by atoms with Crippen molar-refractivity contribution in [2.75, 3.05) is 82.4 Å². The summed E-state index contributed by atoms with van der Waals surface area (Å²) < 4.78 is 56.9. The van der Waals surface area contributed by atoms with E-state index < -0.39 is 23.0 Å². The van der Waals surface area contributed by atoms with Crippen LogP contribution in [0.15, 0.2) is 52.7 Å². The molecule has 44 heavy (non-hydrogen) atoms. The van der Waals surface area contributed by atoms with E-state index in [1.54, 1.807) is 17.0 Å². The number of alkyl halides is 2. The van der Waals surface area contributed by atoms with Gasteiger partial charge in [0.2, 0.25) is 6.41 Å². The van der Waals surface area contributed by atoms with Crippen LogP contribution in [0.2, 0.25) is 0 Å². The van der Waals surface area contributed by atoms with Crippen LogP contribution < -0.4 is 9.64 Å². The van der Waals surface area contributed by atoms with Crippen molar-refractivity contribution in [1.82, 2.24) is 14.7 Å². The smallest absolute Gasteiger partial charge is 0.278 e. The first-order valence-corrected chi connectivity index (χ1v) is 16.4. The molecular formula is C31H41F3N6O3S. The highest BCUT2D eigenvalue weighted by molar-refractivity contribution is 7.85. The van der Waals surface area contributed by atoms with E-state index in [1.807, 2.05) is 36.2 Å². The summed E-state index contributed by atoms with van der Waals surface area (Å²) in [5, 5.41) is 7.28. The second kappa shape index (κ2) is 16.7. The molecule has 2 saturated heterocycles. The van der Waals surface area contributed by atoms with Gasteiger partial charge in [-0.25, -0.2) is 13.2 Å². The number of ether oxygens (including phenoxy) is 1. The number of hydrogen-bond acceptors (Lipinski definition) is 8. The van der Waals surface area contributed by atoms with Crippen molar-refractivity contribution >= 4 is 34.3 Å². The number of halogens is 3. The van der Waals surface area contributed by atoms with E-state index in [1.165, 1.54) is 6.07 Å². The standard InChI is InChI=1S/C26H32F3N5O.C5H9NO2S/c1-3-33-10-12-34(13-11-33)14-15-35-22-8-6-21(7-9-22)32(2)18-20-5-4-19(16-23(20)27)24-17-25(26(28)29)31-30-24;7-5-6-1-3-9(8)4-2-6/h4-9,16,26H,3,10-15,17-18H2,1-2H3;5H,1-4H2. The normalized spacial score (nSPS) is 18.0. The van der Waals surface area contributed by atoms with Gasteiger partial charge in [-0.1, -0.05) is 19.1 Å². The lowest BCUT2D eigenvalue weighted by atomic mass is 10.0. The van der Waals surface area contributed by atoms with Crippen molar-refractivity contribution in [3.8, 4) is 5.75 Å². The Morgan fingerprint density at radius 2 is 1.68 bits per heavy atom. The molecule has 0 bridgehead atoms. The van der Waals surface area contributed by atoms with Gasteiger partial charge in [0.1, 0.15) is 23.9 Å². The van der Waals surface area contributed by atoms with E-state index in [-0.39, 0.29) is 12.1 Å². The summed E-state index contributed by atoms with van der Waals surface area (Å²) in [6.45, 7) is 10.9. The lowest BCUT2D eigenvalue weighted by Crippen LogP contribution is -2.47. The maximum atomic E-state index is 14.7. The lowest BCUT2D eigenvalue weighted by Gasteiger charge is -2.33. The maximum Gasteiger partial charge on any atom is 0.278 e. The van der Waals surface area contributed by atoms with Gasteiger partial charge in [0.25, 0.3) is 6.43 Å². The molecular weight excluding hydrogens is 593 g/mol. The highest BCUT2D eigenvalue weighted by Crippen LogP contribution is 2.23. The summed E-state index contributed by atoms with van der Waals surface area (Å²) in [5.41, 5.74) is 1.99. The van der Waals surface area contributed by atoms with Crippen LogP contribution in [0.1, 0.15) is 24.5 Å². The third-order valence-corrected chi connectivity index (χ3v) is 9.20. The van der Waals surface area contributed by atoms with Gasteiger partial charge in [-0.05, 0) is 36.9 Å². The quantitative estimate of drug-likeness (QED) is 0.352. The zero-order chi connectivity index (χ0) is 31.5. The number of nitrogens with zero attached hydrogens (tertiary/aromatic N) is 6. The monoisotopic (exact) mass is 634 g/mol. The number of amides is 1. The van der Waals surface area contributed by atoms with E-state index in [9.17, 15) is 22.2 Å². The molecule has 13 heteroatoms. The summed E-state index contributed by atoms with van der Waals surface area (Å²) in [6, 6.07) is 12.5. The average Bonchev–Trinajstić information content (AvgIpc) is 3.54. The minimum absolute atomic E-state index is 0.0553. The zero-order valence-electron chi connectivity index (χ0n) is 25.3. The summed E-state index contributed by atoms with van der Waals surface area (Å²) >= 11 is 0. The van der Waals surface area contributed by atoms with Crippen LogP contribution in [-0.2, 0) is 22.1 Å². The van der Waals surface area contributed by atoms with E-state index in [0.717, 1.165) is 57.1 Å². The number of hydrogen-bond donors (Lipinski definition) is 0. The molecule has 2 aromatic rings. The lowest BCUT2D eigenvalue weighted by molar-refractivity contribution is -0.117. The Kier molecular flexibility index (Phi) is 12.7. The molecule has 0 atom stereocenters. The molecule has 1 amide bonds. The first kappa shape index (κ1) is 33.6. The predicted octanol–water partition coefficient (Wildman–Crippen LogP) is 3.50. The van der Waals surface area contributed by atoms with Gasteiger partial charge in [0, 0.05) is 105 Å². The van der Waals surface area contributed by atoms with E-state index >= 15 is 0 Å². The number of anilines is 1. The minimum atomic E-state index is -2.65. The van der Waals surface area contributed by atoms with Crippen LogP contribution in [0, 0.1) is 5.82 Å². The Morgan fingerprint density at radius 1 is 1.00 bits per heavy atom. The molecule has 0 saturated carbocycles. The van der Waals surface area contributed by atoms with Crippen molar-refractivity contribution in [3.05, 3.63) is 59.4 Å². The summed E-state index contributed by atoms with van der Waals surface area (Å²) in [4.78, 5) is 18.6. The van der Waals surface area contributed by atoms with Crippen molar-refractivity contribution in [1.29, 1.82) is 0 Å². The molecule has 240 valence electrons. The fourth-order valence-electron chi connectivity index (χ4n) is 5.03. The molecule has 0 aliphatic carbocycles. The molecule has 0 unspecified atom stereocenters. The van der Waals surface area contributed by atoms with Gasteiger partial charge >= 0.3 is 0 Å². The fraction of sp³-hybridized carbons (Fsp3) is 0.516. The first-order valence-electron chi connectivity index (χ1n) is 14.9. The molecule has 9 nitrogen and oxygen atoms in total. The van der Waals surface area contributed by atoms with Crippen LogP contribution >= 0.6 is 0 Å². The van der Waals surface area contributed by atoms with Crippen LogP contribution in [0.3, 0.4) is 0 Å². The highest BCUT2D eigenvalue weighted by Gasteiger charge is 2.22. The third-order valence-electron chi connectivity index (χ3n) is 7.92. The summed E-state index contributed by atoms with van der Waals surface area (Å²) in [7, 11) is 1.23. The largest absolute Gasteiger partial charge is 0.492 e. The Balaban J connectivity index is 0.000000421. The van der Waals surface area contributed by atoms with E-state index in [0.29, 0.717) is 54.6 Å². The first-order chi connectivity index (χ1) is 21.2. The van der Waals surface area contributed by atoms with E-state index in [2.05, 4.69) is 26.9 Å². The van der Waals surface area contributed by atoms with Crippen LogP contribution in [0.25, 0.3) is 0 Å². The number of likely N-dealkylation sites (N-methyl/N-ethyl adjacent to an activating group) is 1. The predicted molar refractivity (Wildman–Crippen MR) is 169 cm³/mol. The topological polar surface area (TPSA) is 81.1 Å². The number of benzene rings is 2. The molecule has 3 aliphatic rings. The third kappa shape index (κ3) is 9.86. The van der Waals surface area contributed by atoms with Gasteiger partial charge in [0.05, 0.1) is 5.71 Å². The molecule has 2 fully saturated rings. The van der Waals surface area contributed by atoms with Crippen LogP contribution in [0.4, 0.5) is 18.9 Å². The molecule has 0 spiro atoms. The number of carbonyl (C=O) groups is 1. The van der Waals surface area contributed by atoms with Crippen LogP contribution in [0.5, 0.6) is 5.75 Å². The number of rotatable bonds is 11. The summed E-state index contributed by atoms with van der Waals surface area (Å²) in [6.07, 6.45) is -1.89. The molecule has 0 N–H and O–H groups in total. The maximum absolute atomic E-state index is 14.7. The fourth-order valence-corrected chi connectivity index (χ4v) is 6.11. The van der Waals surface area contributed by atoms with Gasteiger partial charge in [-0.3, -0.25) is 13.9 Å². The second-order valence-electron chi connectivity index (χ2n) is 10.9. The number of piperazine rings is 1. The Labute approximate surface area is 259 Å². The van der Waals surface area contributed by atoms with Gasteiger partial charge in [-0.2, -0.15) is 10.2 Å². The van der Waals surface area contributed by atoms with E-state index in [4.69, 9.17) is 4.74 Å². The molecule has 0 aromatic heterocycles. The Hall–Kier alpha value is -3.29. The molecule has 5 rings (SSSR count). The minimum Gasteiger partial charge on any atom is -0.492 e. The Bertz CT molecular complexity index is 1310. The second-order valence-corrected chi connectivity index (χ2v) is 12.6. The van der Waals surface area contributed by atoms with Gasteiger partial charge < -0.3 is 19.4 Å². The van der Waals surface area contributed by atoms with Crippen molar-refractivity contribution in [2.45, 2.75) is 26.3 Å². The molecule has 0 radical (unpaired) electrons. The van der Waals surface area contributed by atoms with Gasteiger partial charge in [-0.15, -0.1) is 0 Å². The molecule has 3 heterocycles. The Morgan fingerprint density at radius 3 is 2.27 bits per heavy atom. The molecule has 2 aromatic carbocycles. The van der Waals surface area contributed by atoms with Crippen molar-refractivity contribution in [3.63, 3.8) is 0 Å². The van der Waals surface area contributed by atoms with Crippen molar-refractivity contribution < 1.29 is 26.9 Å². The molecule has 3 aliphatic heterocycles.